The topological polar surface area (TPSA) is 63.5 Å². The fourth-order valence-corrected chi connectivity index (χ4v) is 2.51. The van der Waals surface area contributed by atoms with Gasteiger partial charge >= 0.3 is 6.03 Å². The van der Waals surface area contributed by atoms with E-state index in [1.165, 1.54) is 0 Å². The molecule has 21 heavy (non-hydrogen) atoms. The molecular formula is C16H18N2O3. The van der Waals surface area contributed by atoms with Crippen molar-refractivity contribution < 1.29 is 13.9 Å². The Morgan fingerprint density at radius 1 is 1.19 bits per heavy atom. The van der Waals surface area contributed by atoms with Gasteiger partial charge in [0.25, 0.3) is 0 Å². The van der Waals surface area contributed by atoms with E-state index in [-0.39, 0.29) is 18.2 Å². The van der Waals surface area contributed by atoms with Crippen molar-refractivity contribution in [3.8, 4) is 0 Å². The molecule has 1 aliphatic heterocycles. The van der Waals surface area contributed by atoms with Gasteiger partial charge in [0.1, 0.15) is 11.9 Å². The van der Waals surface area contributed by atoms with Crippen LogP contribution in [0.1, 0.15) is 23.8 Å². The van der Waals surface area contributed by atoms with Crippen molar-refractivity contribution >= 4 is 6.03 Å². The zero-order valence-corrected chi connectivity index (χ0v) is 11.6. The van der Waals surface area contributed by atoms with Gasteiger partial charge in [-0.2, -0.15) is 0 Å². The van der Waals surface area contributed by atoms with Crippen molar-refractivity contribution in [3.63, 3.8) is 0 Å². The number of benzene rings is 1. The Bertz CT molecular complexity index is 568. The van der Waals surface area contributed by atoms with Gasteiger partial charge in [-0.3, -0.25) is 0 Å². The number of hydrogen-bond donors (Lipinski definition) is 2. The Hall–Kier alpha value is -2.27. The van der Waals surface area contributed by atoms with Crippen molar-refractivity contribution in [2.24, 2.45) is 0 Å². The first-order valence-electron chi connectivity index (χ1n) is 7.06. The normalized spacial score (nSPS) is 21.1. The molecule has 5 heteroatoms. The summed E-state index contributed by atoms with van der Waals surface area (Å²) in [5.41, 5.74) is 1.09. The molecule has 1 aromatic heterocycles. The molecule has 2 heterocycles. The number of hydrogen-bond acceptors (Lipinski definition) is 3. The Balaban J connectivity index is 1.55. The van der Waals surface area contributed by atoms with E-state index in [4.69, 9.17) is 9.15 Å². The number of furan rings is 1. The summed E-state index contributed by atoms with van der Waals surface area (Å²) < 4.78 is 10.9. The Morgan fingerprint density at radius 2 is 2.05 bits per heavy atom. The SMILES string of the molecule is O=C(NCc1ccco1)N[C@H]1CCO[C@H]1c1ccccc1. The van der Waals surface area contributed by atoms with Gasteiger partial charge in [-0.1, -0.05) is 30.3 Å². The third-order valence-electron chi connectivity index (χ3n) is 3.54. The van der Waals surface area contributed by atoms with Crippen LogP contribution in [0.25, 0.3) is 0 Å². The van der Waals surface area contributed by atoms with Crippen LogP contribution in [0.15, 0.2) is 53.1 Å². The number of carbonyl (C=O) groups excluding carboxylic acids is 1. The standard InChI is InChI=1S/C16H18N2O3/c19-16(17-11-13-7-4-9-20-13)18-14-8-10-21-15(14)12-5-2-1-3-6-12/h1-7,9,14-15H,8,10-11H2,(H2,17,18,19)/t14-,15-/m0/s1. The Morgan fingerprint density at radius 3 is 2.81 bits per heavy atom. The number of amides is 2. The number of nitrogens with one attached hydrogen (secondary N) is 2. The highest BCUT2D eigenvalue weighted by Crippen LogP contribution is 2.28. The molecule has 1 aromatic carbocycles. The van der Waals surface area contributed by atoms with Crippen molar-refractivity contribution in [2.45, 2.75) is 25.1 Å². The van der Waals surface area contributed by atoms with Gasteiger partial charge in [0, 0.05) is 6.61 Å². The molecule has 0 spiro atoms. The Labute approximate surface area is 123 Å². The summed E-state index contributed by atoms with van der Waals surface area (Å²) in [5, 5.41) is 5.76. The van der Waals surface area contributed by atoms with Gasteiger partial charge in [-0.15, -0.1) is 0 Å². The maximum absolute atomic E-state index is 12.0. The molecule has 0 bridgehead atoms. The summed E-state index contributed by atoms with van der Waals surface area (Å²) in [6.07, 6.45) is 2.32. The fourth-order valence-electron chi connectivity index (χ4n) is 2.51. The number of urea groups is 1. The largest absolute Gasteiger partial charge is 0.467 e. The third kappa shape index (κ3) is 3.44. The van der Waals surface area contributed by atoms with Crippen LogP contribution in [0.2, 0.25) is 0 Å². The molecule has 3 rings (SSSR count). The first kappa shape index (κ1) is 13.7. The maximum atomic E-state index is 12.0. The second-order valence-electron chi connectivity index (χ2n) is 5.00. The smallest absolute Gasteiger partial charge is 0.315 e. The summed E-state index contributed by atoms with van der Waals surface area (Å²) in [4.78, 5) is 12.0. The fraction of sp³-hybridized carbons (Fsp3) is 0.312. The average Bonchev–Trinajstić information content (AvgIpc) is 3.17. The van der Waals surface area contributed by atoms with Gasteiger partial charge in [0.2, 0.25) is 0 Å². The average molecular weight is 286 g/mol. The monoisotopic (exact) mass is 286 g/mol. The van der Waals surface area contributed by atoms with Crippen LogP contribution < -0.4 is 10.6 Å². The molecule has 2 amide bonds. The summed E-state index contributed by atoms with van der Waals surface area (Å²) in [6.45, 7) is 1.03. The third-order valence-corrected chi connectivity index (χ3v) is 3.54. The molecule has 0 saturated carbocycles. The van der Waals surface area contributed by atoms with Crippen LogP contribution in [0, 0.1) is 0 Å². The first-order valence-corrected chi connectivity index (χ1v) is 7.06. The van der Waals surface area contributed by atoms with E-state index < -0.39 is 0 Å². The minimum Gasteiger partial charge on any atom is -0.467 e. The van der Waals surface area contributed by atoms with E-state index in [1.54, 1.807) is 12.3 Å². The minimum atomic E-state index is -0.206. The first-order chi connectivity index (χ1) is 10.3. The minimum absolute atomic E-state index is 0.0102. The second kappa shape index (κ2) is 6.45. The van der Waals surface area contributed by atoms with Crippen molar-refractivity contribution in [1.82, 2.24) is 10.6 Å². The highest BCUT2D eigenvalue weighted by molar-refractivity contribution is 5.74. The van der Waals surface area contributed by atoms with E-state index in [1.807, 2.05) is 36.4 Å². The molecule has 0 radical (unpaired) electrons. The lowest BCUT2D eigenvalue weighted by molar-refractivity contribution is 0.0999. The predicted molar refractivity (Wildman–Crippen MR) is 77.6 cm³/mol. The number of ether oxygens (including phenoxy) is 1. The van der Waals surface area contributed by atoms with Crippen LogP contribution in [-0.4, -0.2) is 18.7 Å². The van der Waals surface area contributed by atoms with Gasteiger partial charge in [-0.05, 0) is 24.1 Å². The van der Waals surface area contributed by atoms with E-state index in [2.05, 4.69) is 10.6 Å². The van der Waals surface area contributed by atoms with Crippen LogP contribution >= 0.6 is 0 Å². The quantitative estimate of drug-likeness (QED) is 0.908. The van der Waals surface area contributed by atoms with E-state index in [0.29, 0.717) is 13.2 Å². The van der Waals surface area contributed by atoms with E-state index in [0.717, 1.165) is 17.7 Å². The maximum Gasteiger partial charge on any atom is 0.315 e. The molecular weight excluding hydrogens is 268 g/mol. The lowest BCUT2D eigenvalue weighted by atomic mass is 10.0. The molecule has 0 unspecified atom stereocenters. The molecule has 5 nitrogen and oxygen atoms in total. The van der Waals surface area contributed by atoms with Gasteiger partial charge in [-0.25, -0.2) is 4.79 Å². The lowest BCUT2D eigenvalue weighted by Crippen LogP contribution is -2.43. The van der Waals surface area contributed by atoms with Crippen LogP contribution in [-0.2, 0) is 11.3 Å². The summed E-state index contributed by atoms with van der Waals surface area (Å²) in [5.74, 6) is 0.729. The van der Waals surface area contributed by atoms with Gasteiger partial charge < -0.3 is 19.8 Å². The lowest BCUT2D eigenvalue weighted by Gasteiger charge is -2.20. The summed E-state index contributed by atoms with van der Waals surface area (Å²) >= 11 is 0. The molecule has 0 aliphatic carbocycles. The molecule has 110 valence electrons. The number of carbonyl (C=O) groups is 1. The molecule has 1 fully saturated rings. The van der Waals surface area contributed by atoms with Crippen molar-refractivity contribution in [2.75, 3.05) is 6.61 Å². The molecule has 2 aromatic rings. The van der Waals surface area contributed by atoms with Crippen LogP contribution in [0.4, 0.5) is 4.79 Å². The van der Waals surface area contributed by atoms with E-state index >= 15 is 0 Å². The molecule has 2 atom stereocenters. The van der Waals surface area contributed by atoms with E-state index in [9.17, 15) is 4.79 Å². The Kier molecular flexibility index (Phi) is 4.21. The summed E-state index contributed by atoms with van der Waals surface area (Å²) in [7, 11) is 0. The van der Waals surface area contributed by atoms with Crippen molar-refractivity contribution in [3.05, 3.63) is 60.1 Å². The van der Waals surface area contributed by atoms with Crippen molar-refractivity contribution in [1.29, 1.82) is 0 Å². The van der Waals surface area contributed by atoms with Gasteiger partial charge in [0.15, 0.2) is 0 Å². The zero-order chi connectivity index (χ0) is 14.5. The predicted octanol–water partition coefficient (Wildman–Crippen LogP) is 2.61. The van der Waals surface area contributed by atoms with Crippen LogP contribution in [0.3, 0.4) is 0 Å². The molecule has 2 N–H and O–H groups in total. The van der Waals surface area contributed by atoms with Crippen LogP contribution in [0.5, 0.6) is 0 Å². The second-order valence-corrected chi connectivity index (χ2v) is 5.00. The molecule has 1 saturated heterocycles. The zero-order valence-electron chi connectivity index (χ0n) is 11.6. The number of rotatable bonds is 4. The molecule has 1 aliphatic rings. The highest BCUT2D eigenvalue weighted by atomic mass is 16.5. The van der Waals surface area contributed by atoms with Gasteiger partial charge in [0.05, 0.1) is 18.8 Å². The summed E-state index contributed by atoms with van der Waals surface area (Å²) in [6, 6.07) is 13.4. The highest BCUT2D eigenvalue weighted by Gasteiger charge is 2.30.